The average Bonchev–Trinajstić information content (AvgIpc) is 2.76. The van der Waals surface area contributed by atoms with Gasteiger partial charge in [-0.25, -0.2) is 9.97 Å². The van der Waals surface area contributed by atoms with Gasteiger partial charge in [-0.1, -0.05) is 6.07 Å². The van der Waals surface area contributed by atoms with E-state index in [1.807, 2.05) is 31.5 Å². The van der Waals surface area contributed by atoms with Crippen molar-refractivity contribution in [1.82, 2.24) is 9.97 Å². The highest BCUT2D eigenvalue weighted by Crippen LogP contribution is 2.21. The molecule has 0 saturated heterocycles. The molecule has 2 aromatic rings. The SMILES string of the molecule is Cc1ncsc1CCOc1ncccc1C(C)N. The van der Waals surface area contributed by atoms with Gasteiger partial charge >= 0.3 is 0 Å². The van der Waals surface area contributed by atoms with Crippen LogP contribution in [-0.4, -0.2) is 16.6 Å². The normalized spacial score (nSPS) is 12.4. The number of rotatable bonds is 5. The maximum absolute atomic E-state index is 5.88. The zero-order valence-corrected chi connectivity index (χ0v) is 11.4. The van der Waals surface area contributed by atoms with E-state index in [2.05, 4.69) is 9.97 Å². The second kappa shape index (κ2) is 5.93. The van der Waals surface area contributed by atoms with E-state index in [-0.39, 0.29) is 6.04 Å². The lowest BCUT2D eigenvalue weighted by molar-refractivity contribution is 0.305. The molecule has 2 aromatic heterocycles. The molecular weight excluding hydrogens is 246 g/mol. The number of aryl methyl sites for hydroxylation is 1. The lowest BCUT2D eigenvalue weighted by atomic mass is 10.1. The number of hydrogen-bond acceptors (Lipinski definition) is 5. The molecule has 1 atom stereocenters. The van der Waals surface area contributed by atoms with Crippen molar-refractivity contribution in [2.45, 2.75) is 26.3 Å². The van der Waals surface area contributed by atoms with Gasteiger partial charge in [0, 0.05) is 29.1 Å². The molecule has 1 unspecified atom stereocenters. The van der Waals surface area contributed by atoms with Crippen LogP contribution >= 0.6 is 11.3 Å². The van der Waals surface area contributed by atoms with Gasteiger partial charge < -0.3 is 10.5 Å². The summed E-state index contributed by atoms with van der Waals surface area (Å²) in [6, 6.07) is 3.75. The fraction of sp³-hybridized carbons (Fsp3) is 0.385. The average molecular weight is 263 g/mol. The Hall–Kier alpha value is -1.46. The Morgan fingerprint density at radius 2 is 2.28 bits per heavy atom. The van der Waals surface area contributed by atoms with Crippen LogP contribution in [0.25, 0.3) is 0 Å². The van der Waals surface area contributed by atoms with Crippen molar-refractivity contribution in [3.05, 3.63) is 40.0 Å². The highest BCUT2D eigenvalue weighted by atomic mass is 32.1. The third kappa shape index (κ3) is 3.05. The Kier molecular flexibility index (Phi) is 4.28. The molecule has 0 aliphatic heterocycles. The third-order valence-electron chi connectivity index (χ3n) is 2.70. The number of nitrogens with two attached hydrogens (primary N) is 1. The van der Waals surface area contributed by atoms with E-state index in [4.69, 9.17) is 10.5 Å². The standard InChI is InChI=1S/C13H17N3OS/c1-9(14)11-4-3-6-15-13(11)17-7-5-12-10(2)16-8-18-12/h3-4,6,8-9H,5,7,14H2,1-2H3. The largest absolute Gasteiger partial charge is 0.477 e. The molecular formula is C13H17N3OS. The molecule has 0 fully saturated rings. The van der Waals surface area contributed by atoms with Gasteiger partial charge in [-0.3, -0.25) is 0 Å². The minimum Gasteiger partial charge on any atom is -0.477 e. The van der Waals surface area contributed by atoms with Crippen molar-refractivity contribution in [2.24, 2.45) is 5.73 Å². The molecule has 2 N–H and O–H groups in total. The van der Waals surface area contributed by atoms with Crippen LogP contribution in [-0.2, 0) is 6.42 Å². The zero-order chi connectivity index (χ0) is 13.0. The maximum Gasteiger partial charge on any atom is 0.218 e. The molecule has 0 aromatic carbocycles. The molecule has 0 bridgehead atoms. The Labute approximate surface area is 111 Å². The van der Waals surface area contributed by atoms with E-state index in [1.54, 1.807) is 17.5 Å². The van der Waals surface area contributed by atoms with Crippen LogP contribution in [0.2, 0.25) is 0 Å². The van der Waals surface area contributed by atoms with Gasteiger partial charge in [-0.2, -0.15) is 0 Å². The van der Waals surface area contributed by atoms with Crippen LogP contribution in [0.3, 0.4) is 0 Å². The van der Waals surface area contributed by atoms with Crippen molar-refractivity contribution in [2.75, 3.05) is 6.61 Å². The fourth-order valence-corrected chi connectivity index (χ4v) is 2.44. The van der Waals surface area contributed by atoms with E-state index >= 15 is 0 Å². The van der Waals surface area contributed by atoms with Crippen molar-refractivity contribution in [3.8, 4) is 5.88 Å². The monoisotopic (exact) mass is 263 g/mol. The molecule has 0 radical (unpaired) electrons. The maximum atomic E-state index is 5.88. The molecule has 0 saturated carbocycles. The molecule has 2 heterocycles. The van der Waals surface area contributed by atoms with Gasteiger partial charge in [-0.05, 0) is 19.9 Å². The number of thiazole rings is 1. The molecule has 2 rings (SSSR count). The summed E-state index contributed by atoms with van der Waals surface area (Å²) in [6.07, 6.45) is 2.57. The van der Waals surface area contributed by atoms with Gasteiger partial charge in [0.05, 0.1) is 17.8 Å². The van der Waals surface area contributed by atoms with Crippen LogP contribution < -0.4 is 10.5 Å². The van der Waals surface area contributed by atoms with Crippen molar-refractivity contribution >= 4 is 11.3 Å². The van der Waals surface area contributed by atoms with E-state index in [0.29, 0.717) is 12.5 Å². The molecule has 18 heavy (non-hydrogen) atoms. The topological polar surface area (TPSA) is 61.0 Å². The number of nitrogens with zero attached hydrogens (tertiary/aromatic N) is 2. The Morgan fingerprint density at radius 3 is 2.94 bits per heavy atom. The summed E-state index contributed by atoms with van der Waals surface area (Å²) in [5.74, 6) is 0.634. The summed E-state index contributed by atoms with van der Waals surface area (Å²) >= 11 is 1.66. The number of pyridine rings is 1. The number of hydrogen-bond donors (Lipinski definition) is 1. The Balaban J connectivity index is 1.96. The molecule has 96 valence electrons. The van der Waals surface area contributed by atoms with Crippen LogP contribution in [0.15, 0.2) is 23.8 Å². The minimum absolute atomic E-state index is 0.0705. The smallest absolute Gasteiger partial charge is 0.218 e. The van der Waals surface area contributed by atoms with Crippen LogP contribution in [0.5, 0.6) is 5.88 Å². The first-order valence-corrected chi connectivity index (χ1v) is 6.78. The van der Waals surface area contributed by atoms with E-state index in [9.17, 15) is 0 Å². The molecule has 0 aliphatic rings. The van der Waals surface area contributed by atoms with Crippen LogP contribution in [0.4, 0.5) is 0 Å². The first-order chi connectivity index (χ1) is 8.68. The summed E-state index contributed by atoms with van der Waals surface area (Å²) in [5.41, 5.74) is 9.76. The van der Waals surface area contributed by atoms with Gasteiger partial charge in [0.2, 0.25) is 5.88 Å². The van der Waals surface area contributed by atoms with Gasteiger partial charge in [0.15, 0.2) is 0 Å². The van der Waals surface area contributed by atoms with Crippen LogP contribution in [0, 0.1) is 6.92 Å². The molecule has 4 nitrogen and oxygen atoms in total. The van der Waals surface area contributed by atoms with Gasteiger partial charge in [-0.15, -0.1) is 11.3 Å². The first-order valence-electron chi connectivity index (χ1n) is 5.90. The summed E-state index contributed by atoms with van der Waals surface area (Å²) in [5, 5.41) is 0. The lowest BCUT2D eigenvalue weighted by Crippen LogP contribution is -2.10. The predicted octanol–water partition coefficient (Wildman–Crippen LogP) is 2.49. The number of aromatic nitrogens is 2. The Morgan fingerprint density at radius 1 is 1.44 bits per heavy atom. The van der Waals surface area contributed by atoms with Crippen molar-refractivity contribution < 1.29 is 4.74 Å². The van der Waals surface area contributed by atoms with E-state index in [1.165, 1.54) is 4.88 Å². The van der Waals surface area contributed by atoms with Crippen molar-refractivity contribution in [3.63, 3.8) is 0 Å². The molecule has 0 spiro atoms. The summed E-state index contributed by atoms with van der Waals surface area (Å²) in [6.45, 7) is 4.54. The first kappa shape index (κ1) is 13.0. The predicted molar refractivity (Wildman–Crippen MR) is 72.9 cm³/mol. The molecule has 0 aliphatic carbocycles. The van der Waals surface area contributed by atoms with Gasteiger partial charge in [0.25, 0.3) is 0 Å². The summed E-state index contributed by atoms with van der Waals surface area (Å²) in [4.78, 5) is 9.70. The quantitative estimate of drug-likeness (QED) is 0.900. The zero-order valence-electron chi connectivity index (χ0n) is 10.6. The number of ether oxygens (including phenoxy) is 1. The highest BCUT2D eigenvalue weighted by Gasteiger charge is 2.09. The van der Waals surface area contributed by atoms with E-state index < -0.39 is 0 Å². The summed E-state index contributed by atoms with van der Waals surface area (Å²) in [7, 11) is 0. The fourth-order valence-electron chi connectivity index (χ4n) is 1.68. The Bertz CT molecular complexity index is 510. The second-order valence-electron chi connectivity index (χ2n) is 4.15. The lowest BCUT2D eigenvalue weighted by Gasteiger charge is -2.12. The summed E-state index contributed by atoms with van der Waals surface area (Å²) < 4.78 is 5.71. The highest BCUT2D eigenvalue weighted by molar-refractivity contribution is 7.09. The molecule has 0 amide bonds. The molecule has 5 heteroatoms. The van der Waals surface area contributed by atoms with Crippen LogP contribution in [0.1, 0.15) is 29.1 Å². The second-order valence-corrected chi connectivity index (χ2v) is 5.09. The van der Waals surface area contributed by atoms with Gasteiger partial charge in [0.1, 0.15) is 0 Å². The van der Waals surface area contributed by atoms with Crippen molar-refractivity contribution in [1.29, 1.82) is 0 Å². The third-order valence-corrected chi connectivity index (χ3v) is 3.70. The minimum atomic E-state index is -0.0705. The van der Waals surface area contributed by atoms with E-state index in [0.717, 1.165) is 17.7 Å².